The van der Waals surface area contributed by atoms with Gasteiger partial charge >= 0.3 is 11.9 Å². The van der Waals surface area contributed by atoms with Gasteiger partial charge in [-0.15, -0.1) is 0 Å². The van der Waals surface area contributed by atoms with Crippen LogP contribution in [0.5, 0.6) is 0 Å². The molecule has 0 radical (unpaired) electrons. The van der Waals surface area contributed by atoms with Crippen molar-refractivity contribution in [3.8, 4) is 0 Å². The lowest BCUT2D eigenvalue weighted by Gasteiger charge is -2.16. The van der Waals surface area contributed by atoms with Crippen LogP contribution in [0.15, 0.2) is 53.4 Å². The Bertz CT molecular complexity index is 924. The first-order valence-electron chi connectivity index (χ1n) is 8.31. The van der Waals surface area contributed by atoms with E-state index in [1.165, 1.54) is 18.2 Å². The predicted molar refractivity (Wildman–Crippen MR) is 99.0 cm³/mol. The standard InChI is InChI=1S/C19H21NO6S/c1-3-26-19(23)15-10-9-13(2)17(12-15)27(24,25)20-16(18(21)22)11-14-7-5-4-6-8-14/h4-10,12,16,20H,3,11H2,1-2H3,(H,21,22)/t16-/m1/s1. The largest absolute Gasteiger partial charge is 0.480 e. The summed E-state index contributed by atoms with van der Waals surface area (Å²) >= 11 is 0. The summed E-state index contributed by atoms with van der Waals surface area (Å²) in [5, 5.41) is 9.43. The normalized spacial score (nSPS) is 12.4. The molecule has 0 amide bonds. The average molecular weight is 391 g/mol. The van der Waals surface area contributed by atoms with E-state index in [-0.39, 0.29) is 23.5 Å². The number of sulfonamides is 1. The zero-order valence-corrected chi connectivity index (χ0v) is 15.8. The molecule has 0 aliphatic rings. The first kappa shape index (κ1) is 20.6. The summed E-state index contributed by atoms with van der Waals surface area (Å²) < 4.78 is 32.6. The number of carboxylic acids is 1. The molecule has 0 spiro atoms. The summed E-state index contributed by atoms with van der Waals surface area (Å²) in [5.41, 5.74) is 1.15. The molecule has 0 aromatic heterocycles. The smallest absolute Gasteiger partial charge is 0.338 e. The van der Waals surface area contributed by atoms with Crippen LogP contribution >= 0.6 is 0 Å². The number of carboxylic acid groups (broad SMARTS) is 1. The number of nitrogens with one attached hydrogen (secondary N) is 1. The molecule has 0 unspecified atom stereocenters. The van der Waals surface area contributed by atoms with Crippen LogP contribution in [0.4, 0.5) is 0 Å². The highest BCUT2D eigenvalue weighted by molar-refractivity contribution is 7.89. The summed E-state index contributed by atoms with van der Waals surface area (Å²) in [6.07, 6.45) is -0.00792. The number of ether oxygens (including phenoxy) is 1. The van der Waals surface area contributed by atoms with Crippen molar-refractivity contribution in [2.45, 2.75) is 31.2 Å². The Labute approximate surface area is 158 Å². The van der Waals surface area contributed by atoms with Gasteiger partial charge in [0, 0.05) is 0 Å². The van der Waals surface area contributed by atoms with Crippen LogP contribution in [-0.2, 0) is 26.0 Å². The minimum absolute atomic E-state index is 0.00792. The highest BCUT2D eigenvalue weighted by Gasteiger charge is 2.27. The van der Waals surface area contributed by atoms with Gasteiger partial charge in [-0.1, -0.05) is 36.4 Å². The van der Waals surface area contributed by atoms with Gasteiger partial charge in [-0.3, -0.25) is 4.79 Å². The van der Waals surface area contributed by atoms with Gasteiger partial charge in [0.2, 0.25) is 10.0 Å². The van der Waals surface area contributed by atoms with Crippen molar-refractivity contribution in [3.05, 3.63) is 65.2 Å². The van der Waals surface area contributed by atoms with Crippen LogP contribution < -0.4 is 4.72 Å². The number of carbonyl (C=O) groups excluding carboxylic acids is 1. The third-order valence-corrected chi connectivity index (χ3v) is 5.48. The Morgan fingerprint density at radius 2 is 1.81 bits per heavy atom. The second-order valence-corrected chi connectivity index (χ2v) is 7.58. The number of esters is 1. The van der Waals surface area contributed by atoms with Crippen LogP contribution in [0, 0.1) is 6.92 Å². The van der Waals surface area contributed by atoms with E-state index >= 15 is 0 Å². The molecule has 0 bridgehead atoms. The summed E-state index contributed by atoms with van der Waals surface area (Å²) in [7, 11) is -4.16. The highest BCUT2D eigenvalue weighted by atomic mass is 32.2. The van der Waals surface area contributed by atoms with E-state index in [1.807, 2.05) is 0 Å². The number of hydrogen-bond donors (Lipinski definition) is 2. The van der Waals surface area contributed by atoms with Crippen molar-refractivity contribution in [2.24, 2.45) is 0 Å². The molecule has 0 saturated heterocycles. The molecule has 144 valence electrons. The molecule has 0 heterocycles. The Balaban J connectivity index is 2.32. The van der Waals surface area contributed by atoms with E-state index < -0.39 is 28.0 Å². The molecule has 7 nitrogen and oxygen atoms in total. The Morgan fingerprint density at radius 1 is 1.15 bits per heavy atom. The van der Waals surface area contributed by atoms with Crippen LogP contribution in [-0.4, -0.2) is 38.1 Å². The van der Waals surface area contributed by atoms with Gasteiger partial charge in [-0.05, 0) is 43.5 Å². The van der Waals surface area contributed by atoms with Crippen molar-refractivity contribution in [2.75, 3.05) is 6.61 Å². The SMILES string of the molecule is CCOC(=O)c1ccc(C)c(S(=O)(=O)N[C@H](Cc2ccccc2)C(=O)O)c1. The number of rotatable bonds is 8. The summed E-state index contributed by atoms with van der Waals surface area (Å²) in [6.45, 7) is 3.37. The highest BCUT2D eigenvalue weighted by Crippen LogP contribution is 2.19. The first-order chi connectivity index (χ1) is 12.7. The Morgan fingerprint density at radius 3 is 2.41 bits per heavy atom. The van der Waals surface area contributed by atoms with E-state index in [9.17, 15) is 23.1 Å². The molecule has 27 heavy (non-hydrogen) atoms. The van der Waals surface area contributed by atoms with E-state index in [0.29, 0.717) is 11.1 Å². The van der Waals surface area contributed by atoms with Crippen LogP contribution in [0.1, 0.15) is 28.4 Å². The van der Waals surface area contributed by atoms with Crippen molar-refractivity contribution in [1.29, 1.82) is 0 Å². The quantitative estimate of drug-likeness (QED) is 0.667. The van der Waals surface area contributed by atoms with E-state index in [2.05, 4.69) is 4.72 Å². The summed E-state index contributed by atoms with van der Waals surface area (Å²) in [5.74, 6) is -1.94. The molecule has 0 aliphatic carbocycles. The number of aryl methyl sites for hydroxylation is 1. The average Bonchev–Trinajstić information content (AvgIpc) is 2.62. The number of aliphatic carboxylic acids is 1. The zero-order valence-electron chi connectivity index (χ0n) is 15.0. The third kappa shape index (κ3) is 5.38. The van der Waals surface area contributed by atoms with Crippen LogP contribution in [0.25, 0.3) is 0 Å². The maximum atomic E-state index is 12.8. The van der Waals surface area contributed by atoms with Gasteiger partial charge in [0.15, 0.2) is 0 Å². The minimum atomic E-state index is -4.16. The van der Waals surface area contributed by atoms with Crippen molar-refractivity contribution >= 4 is 22.0 Å². The minimum Gasteiger partial charge on any atom is -0.480 e. The lowest BCUT2D eigenvalue weighted by atomic mass is 10.1. The molecule has 0 aliphatic heterocycles. The Hall–Kier alpha value is -2.71. The molecule has 0 fully saturated rings. The molecule has 0 saturated carbocycles. The molecule has 2 aromatic carbocycles. The predicted octanol–water partition coefficient (Wildman–Crippen LogP) is 2.15. The number of carbonyl (C=O) groups is 2. The van der Waals surface area contributed by atoms with Crippen molar-refractivity contribution < 1.29 is 27.9 Å². The van der Waals surface area contributed by atoms with Gasteiger partial charge in [0.05, 0.1) is 17.1 Å². The molecule has 1 atom stereocenters. The van der Waals surface area contributed by atoms with E-state index in [1.54, 1.807) is 44.2 Å². The van der Waals surface area contributed by atoms with Gasteiger partial charge < -0.3 is 9.84 Å². The second kappa shape index (κ2) is 8.79. The lowest BCUT2D eigenvalue weighted by molar-refractivity contribution is -0.138. The molecular weight excluding hydrogens is 370 g/mol. The van der Waals surface area contributed by atoms with Crippen molar-refractivity contribution in [3.63, 3.8) is 0 Å². The van der Waals surface area contributed by atoms with Gasteiger partial charge in [0.1, 0.15) is 6.04 Å². The van der Waals surface area contributed by atoms with Gasteiger partial charge in [0.25, 0.3) is 0 Å². The zero-order chi connectivity index (χ0) is 20.0. The molecule has 8 heteroatoms. The maximum absolute atomic E-state index is 12.8. The van der Waals surface area contributed by atoms with E-state index in [4.69, 9.17) is 4.74 Å². The van der Waals surface area contributed by atoms with Gasteiger partial charge in [-0.2, -0.15) is 4.72 Å². The number of benzene rings is 2. The monoisotopic (exact) mass is 391 g/mol. The third-order valence-electron chi connectivity index (χ3n) is 3.87. The molecule has 2 rings (SSSR count). The van der Waals surface area contributed by atoms with E-state index in [0.717, 1.165) is 0 Å². The van der Waals surface area contributed by atoms with Crippen LogP contribution in [0.3, 0.4) is 0 Å². The molecule has 2 aromatic rings. The number of hydrogen-bond acceptors (Lipinski definition) is 5. The molecule has 2 N–H and O–H groups in total. The maximum Gasteiger partial charge on any atom is 0.338 e. The second-order valence-electron chi connectivity index (χ2n) is 5.90. The first-order valence-corrected chi connectivity index (χ1v) is 9.79. The van der Waals surface area contributed by atoms with Gasteiger partial charge in [-0.25, -0.2) is 13.2 Å². The fourth-order valence-corrected chi connectivity index (χ4v) is 3.97. The van der Waals surface area contributed by atoms with Crippen LogP contribution in [0.2, 0.25) is 0 Å². The summed E-state index contributed by atoms with van der Waals surface area (Å²) in [4.78, 5) is 23.3. The lowest BCUT2D eigenvalue weighted by Crippen LogP contribution is -2.42. The topological polar surface area (TPSA) is 110 Å². The summed E-state index contributed by atoms with van der Waals surface area (Å²) in [6, 6.07) is 11.5. The Kier molecular flexibility index (Phi) is 6.70. The fraction of sp³-hybridized carbons (Fsp3) is 0.263. The van der Waals surface area contributed by atoms with Crippen molar-refractivity contribution in [1.82, 2.24) is 4.72 Å². The molecular formula is C19H21NO6S. The fourth-order valence-electron chi connectivity index (χ4n) is 2.51.